The molecule has 0 aromatic heterocycles. The van der Waals surface area contributed by atoms with E-state index < -0.39 is 23.1 Å². The number of halogens is 2. The number of ether oxygens (including phenoxy) is 1. The third-order valence-corrected chi connectivity index (χ3v) is 5.19. The topological polar surface area (TPSA) is 61.8 Å². The van der Waals surface area contributed by atoms with Gasteiger partial charge < -0.3 is 20.1 Å². The predicted octanol–water partition coefficient (Wildman–Crippen LogP) is 1.70. The molecule has 0 saturated carbocycles. The summed E-state index contributed by atoms with van der Waals surface area (Å²) in [7, 11) is 1.56. The highest BCUT2D eigenvalue weighted by atomic mass is 19.2. The molecule has 0 radical (unpaired) electrons. The summed E-state index contributed by atoms with van der Waals surface area (Å²) in [5, 5.41) is 14.3. The molecule has 7 heteroatoms. The van der Waals surface area contributed by atoms with Crippen LogP contribution in [0.5, 0.6) is 0 Å². The molecule has 25 heavy (non-hydrogen) atoms. The van der Waals surface area contributed by atoms with Crippen LogP contribution in [0.2, 0.25) is 0 Å². The summed E-state index contributed by atoms with van der Waals surface area (Å²) >= 11 is 0. The van der Waals surface area contributed by atoms with Crippen LogP contribution in [-0.4, -0.2) is 60.4 Å². The van der Waals surface area contributed by atoms with Crippen LogP contribution in [-0.2, 0) is 4.74 Å². The number of likely N-dealkylation sites (N-methyl/N-ethyl adjacent to an activating group) is 1. The number of carbonyl (C=O) groups is 1. The lowest BCUT2D eigenvalue weighted by Crippen LogP contribution is -2.57. The number of carbonyl (C=O) groups excluding carboxylic acids is 1. The van der Waals surface area contributed by atoms with E-state index in [1.54, 1.807) is 7.05 Å². The molecule has 1 amide bonds. The van der Waals surface area contributed by atoms with Crippen LogP contribution in [0.25, 0.3) is 0 Å². The Morgan fingerprint density at radius 1 is 1.28 bits per heavy atom. The number of rotatable bonds is 3. The number of piperidine rings is 1. The van der Waals surface area contributed by atoms with E-state index in [0.29, 0.717) is 19.4 Å². The number of aliphatic hydroxyl groups is 1. The fraction of sp³-hybridized carbons (Fsp3) is 0.611. The molecule has 2 aliphatic rings. The van der Waals surface area contributed by atoms with Gasteiger partial charge in [0.2, 0.25) is 0 Å². The van der Waals surface area contributed by atoms with Gasteiger partial charge in [-0.15, -0.1) is 0 Å². The van der Waals surface area contributed by atoms with Gasteiger partial charge in [0.05, 0.1) is 17.8 Å². The van der Waals surface area contributed by atoms with Crippen LogP contribution in [0.15, 0.2) is 18.2 Å². The normalized spacial score (nSPS) is 25.8. The average molecular weight is 354 g/mol. The number of nitrogens with zero attached hydrogens (tertiary/aromatic N) is 1. The molecule has 3 rings (SSSR count). The maximum Gasteiger partial charge on any atom is 0.253 e. The largest absolute Gasteiger partial charge is 0.388 e. The van der Waals surface area contributed by atoms with E-state index in [4.69, 9.17) is 4.74 Å². The summed E-state index contributed by atoms with van der Waals surface area (Å²) in [6, 6.07) is 3.07. The minimum absolute atomic E-state index is 0.0636. The first-order valence-electron chi connectivity index (χ1n) is 8.60. The SMILES string of the molecule is CN(CC1(O)CCOC2(CCNCC2)C1)C(=O)c1ccc(F)c(F)c1. The summed E-state index contributed by atoms with van der Waals surface area (Å²) in [6.07, 6.45) is 2.57. The third kappa shape index (κ3) is 3.99. The zero-order chi connectivity index (χ0) is 18.1. The van der Waals surface area contributed by atoms with Gasteiger partial charge in [-0.2, -0.15) is 0 Å². The van der Waals surface area contributed by atoms with E-state index in [1.165, 1.54) is 11.0 Å². The Kier molecular flexibility index (Phi) is 5.09. The molecule has 2 heterocycles. The van der Waals surface area contributed by atoms with Crippen molar-refractivity contribution < 1.29 is 23.4 Å². The van der Waals surface area contributed by atoms with E-state index >= 15 is 0 Å². The van der Waals surface area contributed by atoms with Gasteiger partial charge in [0.1, 0.15) is 0 Å². The molecule has 2 saturated heterocycles. The Balaban J connectivity index is 1.69. The summed E-state index contributed by atoms with van der Waals surface area (Å²) in [4.78, 5) is 13.8. The Hall–Kier alpha value is -1.57. The van der Waals surface area contributed by atoms with E-state index in [-0.39, 0.29) is 17.7 Å². The quantitative estimate of drug-likeness (QED) is 0.867. The molecule has 1 atom stereocenters. The molecular weight excluding hydrogens is 330 g/mol. The van der Waals surface area contributed by atoms with Crippen LogP contribution in [0.3, 0.4) is 0 Å². The van der Waals surface area contributed by atoms with E-state index in [2.05, 4.69) is 5.32 Å². The molecule has 5 nitrogen and oxygen atoms in total. The minimum Gasteiger partial charge on any atom is -0.388 e. The van der Waals surface area contributed by atoms with Gasteiger partial charge in [0.15, 0.2) is 11.6 Å². The Bertz CT molecular complexity index is 644. The first-order chi connectivity index (χ1) is 11.8. The van der Waals surface area contributed by atoms with Crippen molar-refractivity contribution in [3.8, 4) is 0 Å². The van der Waals surface area contributed by atoms with Crippen molar-refractivity contribution in [1.82, 2.24) is 10.2 Å². The van der Waals surface area contributed by atoms with Gasteiger partial charge in [-0.05, 0) is 44.1 Å². The maximum absolute atomic E-state index is 13.4. The molecule has 138 valence electrons. The van der Waals surface area contributed by atoms with E-state index in [0.717, 1.165) is 38.1 Å². The highest BCUT2D eigenvalue weighted by molar-refractivity contribution is 5.94. The molecule has 1 spiro atoms. The first-order valence-corrected chi connectivity index (χ1v) is 8.60. The number of amides is 1. The molecule has 0 aliphatic carbocycles. The molecule has 1 unspecified atom stereocenters. The van der Waals surface area contributed by atoms with Crippen LogP contribution in [0, 0.1) is 11.6 Å². The fourth-order valence-corrected chi connectivity index (χ4v) is 3.90. The molecule has 2 fully saturated rings. The number of benzene rings is 1. The second-order valence-electron chi connectivity index (χ2n) is 7.22. The standard InChI is InChI=1S/C18H24F2N2O3/c1-22(16(23)13-2-3-14(19)15(20)10-13)12-17(24)6-9-25-18(11-17)4-7-21-8-5-18/h2-3,10,21,24H,4-9,11-12H2,1H3. The van der Waals surface area contributed by atoms with Crippen molar-refractivity contribution in [3.05, 3.63) is 35.4 Å². The minimum atomic E-state index is -1.06. The van der Waals surface area contributed by atoms with Gasteiger partial charge in [-0.1, -0.05) is 0 Å². The lowest BCUT2D eigenvalue weighted by atomic mass is 9.77. The Morgan fingerprint density at radius 3 is 2.68 bits per heavy atom. The number of hydrogen-bond acceptors (Lipinski definition) is 4. The zero-order valence-corrected chi connectivity index (χ0v) is 14.4. The van der Waals surface area contributed by atoms with Gasteiger partial charge in [-0.25, -0.2) is 8.78 Å². The van der Waals surface area contributed by atoms with Crippen molar-refractivity contribution in [2.75, 3.05) is 33.3 Å². The van der Waals surface area contributed by atoms with E-state index in [1.807, 2.05) is 0 Å². The summed E-state index contributed by atoms with van der Waals surface area (Å²) < 4.78 is 32.4. The smallest absolute Gasteiger partial charge is 0.253 e. The first kappa shape index (κ1) is 18.2. The van der Waals surface area contributed by atoms with Crippen LogP contribution < -0.4 is 5.32 Å². The van der Waals surface area contributed by atoms with Crippen LogP contribution >= 0.6 is 0 Å². The van der Waals surface area contributed by atoms with Gasteiger partial charge in [-0.3, -0.25) is 4.79 Å². The van der Waals surface area contributed by atoms with Crippen molar-refractivity contribution in [2.45, 2.75) is 36.9 Å². The van der Waals surface area contributed by atoms with Gasteiger partial charge in [0, 0.05) is 32.0 Å². The maximum atomic E-state index is 13.4. The molecule has 2 aliphatic heterocycles. The van der Waals surface area contributed by atoms with Gasteiger partial charge >= 0.3 is 0 Å². The number of nitrogens with one attached hydrogen (secondary N) is 1. The predicted molar refractivity (Wildman–Crippen MR) is 88.3 cm³/mol. The second kappa shape index (κ2) is 6.97. The lowest BCUT2D eigenvalue weighted by molar-refractivity contribution is -0.173. The molecule has 0 bridgehead atoms. The summed E-state index contributed by atoms with van der Waals surface area (Å²) in [6.45, 7) is 2.27. The van der Waals surface area contributed by atoms with E-state index in [9.17, 15) is 18.7 Å². The Morgan fingerprint density at radius 2 is 2.00 bits per heavy atom. The molecule has 1 aromatic rings. The molecular formula is C18H24F2N2O3. The van der Waals surface area contributed by atoms with Crippen molar-refractivity contribution >= 4 is 5.91 Å². The average Bonchev–Trinajstić information content (AvgIpc) is 2.56. The second-order valence-corrected chi connectivity index (χ2v) is 7.22. The van der Waals surface area contributed by atoms with Crippen molar-refractivity contribution in [3.63, 3.8) is 0 Å². The summed E-state index contributed by atoms with van der Waals surface area (Å²) in [5.74, 6) is -2.49. The summed E-state index contributed by atoms with van der Waals surface area (Å²) in [5.41, 5.74) is -1.32. The van der Waals surface area contributed by atoms with Crippen molar-refractivity contribution in [1.29, 1.82) is 0 Å². The molecule has 2 N–H and O–H groups in total. The third-order valence-electron chi connectivity index (χ3n) is 5.19. The van der Waals surface area contributed by atoms with Gasteiger partial charge in [0.25, 0.3) is 5.91 Å². The van der Waals surface area contributed by atoms with Crippen molar-refractivity contribution in [2.24, 2.45) is 0 Å². The Labute approximate surface area is 146 Å². The van der Waals surface area contributed by atoms with Crippen LogP contribution in [0.4, 0.5) is 8.78 Å². The van der Waals surface area contributed by atoms with Crippen LogP contribution in [0.1, 0.15) is 36.0 Å². The highest BCUT2D eigenvalue weighted by Crippen LogP contribution is 2.38. The highest BCUT2D eigenvalue weighted by Gasteiger charge is 2.46. The monoisotopic (exact) mass is 354 g/mol. The molecule has 1 aromatic carbocycles. The lowest BCUT2D eigenvalue weighted by Gasteiger charge is -2.48. The fourth-order valence-electron chi connectivity index (χ4n) is 3.90. The zero-order valence-electron chi connectivity index (χ0n) is 14.4. The number of hydrogen-bond donors (Lipinski definition) is 2.